The van der Waals surface area contributed by atoms with Gasteiger partial charge in [-0.3, -0.25) is 4.79 Å². The van der Waals surface area contributed by atoms with Gasteiger partial charge in [-0.05, 0) is 83.0 Å². The van der Waals surface area contributed by atoms with Gasteiger partial charge in [0.1, 0.15) is 22.3 Å². The lowest BCUT2D eigenvalue weighted by molar-refractivity contribution is -0.112. The third-order valence-electron chi connectivity index (χ3n) is 4.78. The molecule has 8 nitrogen and oxygen atoms in total. The van der Waals surface area contributed by atoms with Crippen LogP contribution in [-0.2, 0) is 14.9 Å². The Hall–Kier alpha value is -3.81. The van der Waals surface area contributed by atoms with Gasteiger partial charge < -0.3 is 19.0 Å². The van der Waals surface area contributed by atoms with Crippen molar-refractivity contribution in [2.45, 2.75) is 11.8 Å². The Bertz CT molecular complexity index is 1410. The lowest BCUT2D eigenvalue weighted by Gasteiger charge is -2.14. The number of hydrogen-bond donors (Lipinski definition) is 1. The Morgan fingerprint density at radius 3 is 2.26 bits per heavy atom. The first-order valence-electron chi connectivity index (χ1n) is 10.1. The van der Waals surface area contributed by atoms with Gasteiger partial charge >= 0.3 is 10.1 Å². The fourth-order valence-corrected chi connectivity index (χ4v) is 4.56. The fourth-order valence-electron chi connectivity index (χ4n) is 2.95. The van der Waals surface area contributed by atoms with Crippen LogP contribution in [0.4, 0.5) is 5.69 Å². The van der Waals surface area contributed by atoms with Crippen molar-refractivity contribution < 1.29 is 26.9 Å². The molecule has 180 valence electrons. The summed E-state index contributed by atoms with van der Waals surface area (Å²) in [6.45, 7) is 1.84. The molecule has 1 N–H and O–H groups in total. The summed E-state index contributed by atoms with van der Waals surface area (Å²) < 4.78 is 41.5. The van der Waals surface area contributed by atoms with E-state index in [0.29, 0.717) is 17.0 Å². The Balaban J connectivity index is 1.88. The van der Waals surface area contributed by atoms with Crippen LogP contribution in [0.2, 0.25) is 0 Å². The number of hydrogen-bond acceptors (Lipinski definition) is 7. The largest absolute Gasteiger partial charge is 0.497 e. The predicted octanol–water partition coefficient (Wildman–Crippen LogP) is 5.09. The highest BCUT2D eigenvalue weighted by atomic mass is 79.9. The molecule has 0 radical (unpaired) electrons. The van der Waals surface area contributed by atoms with Crippen LogP contribution in [0.1, 0.15) is 11.1 Å². The lowest BCUT2D eigenvalue weighted by Crippen LogP contribution is -2.13. The van der Waals surface area contributed by atoms with Gasteiger partial charge in [0.15, 0.2) is 11.5 Å². The van der Waals surface area contributed by atoms with Crippen LogP contribution in [0.5, 0.6) is 17.2 Å². The highest BCUT2D eigenvalue weighted by molar-refractivity contribution is 9.10. The molecule has 0 bridgehead atoms. The van der Waals surface area contributed by atoms with Crippen LogP contribution in [0.3, 0.4) is 0 Å². The number of halogens is 1. The first kappa shape index (κ1) is 25.8. The van der Waals surface area contributed by atoms with Crippen molar-refractivity contribution in [2.24, 2.45) is 0 Å². The number of anilines is 1. The highest BCUT2D eigenvalue weighted by Crippen LogP contribution is 2.39. The maximum absolute atomic E-state index is 12.7. The number of aryl methyl sites for hydroxylation is 1. The Morgan fingerprint density at radius 2 is 1.69 bits per heavy atom. The average molecular weight is 557 g/mol. The number of carbonyl (C=O) groups is 1. The molecule has 0 saturated carbocycles. The maximum atomic E-state index is 12.7. The molecule has 0 unspecified atom stereocenters. The molecule has 10 heteroatoms. The van der Waals surface area contributed by atoms with E-state index >= 15 is 0 Å². The number of nitrogens with one attached hydrogen (secondary N) is 1. The van der Waals surface area contributed by atoms with Crippen LogP contribution in [0.25, 0.3) is 6.08 Å². The number of carbonyl (C=O) groups excluding carboxylic acids is 1. The summed E-state index contributed by atoms with van der Waals surface area (Å²) in [6.07, 6.45) is 1.35. The standard InChI is InChI=1S/C25H21BrN2O6S/c1-16-4-10-21(11-5-16)35(30,31)34-24-22(26)13-17(14-23(24)33-3)12-18(15-27)25(29)28-19-6-8-20(32-2)9-7-19/h4-14H,1-3H3,(H,28,29)/b18-12+. The molecule has 3 rings (SSSR count). The quantitative estimate of drug-likeness (QED) is 0.233. The van der Waals surface area contributed by atoms with Crippen LogP contribution >= 0.6 is 15.9 Å². The van der Waals surface area contributed by atoms with E-state index in [1.165, 1.54) is 44.6 Å². The molecule has 0 fully saturated rings. The SMILES string of the molecule is COc1ccc(NC(=O)/C(C#N)=C/c2cc(Br)c(OS(=O)(=O)c3ccc(C)cc3)c(OC)c2)cc1. The number of nitriles is 1. The van der Waals surface area contributed by atoms with Crippen LogP contribution in [0.15, 0.2) is 75.6 Å². The van der Waals surface area contributed by atoms with Gasteiger partial charge in [-0.1, -0.05) is 17.7 Å². The van der Waals surface area contributed by atoms with Crippen molar-refractivity contribution in [3.63, 3.8) is 0 Å². The van der Waals surface area contributed by atoms with Crippen molar-refractivity contribution in [2.75, 3.05) is 19.5 Å². The normalized spacial score (nSPS) is 11.3. The highest BCUT2D eigenvalue weighted by Gasteiger charge is 2.22. The minimum absolute atomic E-state index is 0.0111. The second kappa shape index (κ2) is 11.1. The number of nitrogens with zero attached hydrogens (tertiary/aromatic N) is 1. The molecule has 0 heterocycles. The first-order valence-corrected chi connectivity index (χ1v) is 12.3. The molecule has 0 aliphatic heterocycles. The van der Waals surface area contributed by atoms with E-state index in [1.54, 1.807) is 36.4 Å². The summed E-state index contributed by atoms with van der Waals surface area (Å²) in [4.78, 5) is 12.6. The van der Waals surface area contributed by atoms with Gasteiger partial charge in [-0.2, -0.15) is 13.7 Å². The number of benzene rings is 3. The summed E-state index contributed by atoms with van der Waals surface area (Å²) in [5, 5.41) is 12.2. The molecule has 0 aromatic heterocycles. The smallest absolute Gasteiger partial charge is 0.339 e. The number of rotatable bonds is 8. The van der Waals surface area contributed by atoms with Crippen LogP contribution in [0, 0.1) is 18.3 Å². The molecule has 0 saturated heterocycles. The molecule has 0 spiro atoms. The molecule has 3 aromatic rings. The monoisotopic (exact) mass is 556 g/mol. The second-order valence-electron chi connectivity index (χ2n) is 7.24. The van der Waals surface area contributed by atoms with Crippen molar-refractivity contribution in [1.82, 2.24) is 0 Å². The molecule has 0 aliphatic carbocycles. The van der Waals surface area contributed by atoms with Gasteiger partial charge in [0.25, 0.3) is 5.91 Å². The zero-order valence-electron chi connectivity index (χ0n) is 19.0. The van der Waals surface area contributed by atoms with E-state index in [9.17, 15) is 18.5 Å². The van der Waals surface area contributed by atoms with Crippen LogP contribution in [-0.4, -0.2) is 28.5 Å². The third-order valence-corrected chi connectivity index (χ3v) is 6.60. The fraction of sp³-hybridized carbons (Fsp3) is 0.120. The zero-order valence-corrected chi connectivity index (χ0v) is 21.4. The molecule has 1 amide bonds. The molecule has 0 aliphatic rings. The third kappa shape index (κ3) is 6.41. The van der Waals surface area contributed by atoms with Gasteiger partial charge in [0.05, 0.1) is 18.7 Å². The van der Waals surface area contributed by atoms with Gasteiger partial charge in [-0.15, -0.1) is 0 Å². The van der Waals surface area contributed by atoms with E-state index in [4.69, 9.17) is 13.7 Å². The van der Waals surface area contributed by atoms with Crippen molar-refractivity contribution in [3.05, 3.63) is 81.8 Å². The van der Waals surface area contributed by atoms with E-state index in [-0.39, 0.29) is 26.4 Å². The average Bonchev–Trinajstić information content (AvgIpc) is 2.84. The van der Waals surface area contributed by atoms with Crippen molar-refractivity contribution >= 4 is 43.7 Å². The minimum atomic E-state index is -4.13. The van der Waals surface area contributed by atoms with E-state index in [0.717, 1.165) is 5.56 Å². The summed E-state index contributed by atoms with van der Waals surface area (Å²) in [6, 6.07) is 17.7. The Morgan fingerprint density at radius 1 is 1.03 bits per heavy atom. The van der Waals surface area contributed by atoms with E-state index in [2.05, 4.69) is 21.2 Å². The molecule has 35 heavy (non-hydrogen) atoms. The Labute approximate surface area is 212 Å². The van der Waals surface area contributed by atoms with Crippen LogP contribution < -0.4 is 19.0 Å². The first-order chi connectivity index (χ1) is 16.7. The van der Waals surface area contributed by atoms with Crippen molar-refractivity contribution in [1.29, 1.82) is 5.26 Å². The van der Waals surface area contributed by atoms with Gasteiger partial charge in [-0.25, -0.2) is 0 Å². The number of methoxy groups -OCH3 is 2. The molecular formula is C25H21BrN2O6S. The summed E-state index contributed by atoms with van der Waals surface area (Å²) >= 11 is 3.30. The number of ether oxygens (including phenoxy) is 2. The lowest BCUT2D eigenvalue weighted by atomic mass is 10.1. The number of amides is 1. The summed E-state index contributed by atoms with van der Waals surface area (Å²) in [5.41, 5.74) is 1.63. The van der Waals surface area contributed by atoms with E-state index in [1.807, 2.05) is 13.0 Å². The molecule has 3 aromatic carbocycles. The maximum Gasteiger partial charge on any atom is 0.339 e. The molecule has 0 atom stereocenters. The predicted molar refractivity (Wildman–Crippen MR) is 135 cm³/mol. The summed E-state index contributed by atoms with van der Waals surface area (Å²) in [7, 11) is -1.25. The van der Waals surface area contributed by atoms with Crippen molar-refractivity contribution in [3.8, 4) is 23.3 Å². The summed E-state index contributed by atoms with van der Waals surface area (Å²) in [5.74, 6) is 0.0401. The molecular weight excluding hydrogens is 536 g/mol. The minimum Gasteiger partial charge on any atom is -0.497 e. The topological polar surface area (TPSA) is 115 Å². The second-order valence-corrected chi connectivity index (χ2v) is 9.64. The van der Waals surface area contributed by atoms with Gasteiger partial charge in [0.2, 0.25) is 0 Å². The Kier molecular flexibility index (Phi) is 8.17. The van der Waals surface area contributed by atoms with Gasteiger partial charge in [0, 0.05) is 5.69 Å². The zero-order chi connectivity index (χ0) is 25.6. The van der Waals surface area contributed by atoms with E-state index < -0.39 is 16.0 Å².